The van der Waals surface area contributed by atoms with Crippen LogP contribution in [-0.4, -0.2) is 12.3 Å². The lowest BCUT2D eigenvalue weighted by Gasteiger charge is -2.00. The number of ether oxygens (including phenoxy) is 1. The Hall–Kier alpha value is -1.64. The molecule has 72 valence electrons. The quantitative estimate of drug-likeness (QED) is 0.537. The molecule has 2 rings (SSSR count). The molecule has 1 aromatic rings. The summed E-state index contributed by atoms with van der Waals surface area (Å²) in [4.78, 5) is 21.6. The number of benzene rings is 1. The first-order valence-electron chi connectivity index (χ1n) is 4.56. The number of ketones is 1. The van der Waals surface area contributed by atoms with Crippen molar-refractivity contribution in [3.63, 3.8) is 0 Å². The molecular formula is C11H10O3. The first-order chi connectivity index (χ1) is 6.81. The van der Waals surface area contributed by atoms with Gasteiger partial charge in [0.1, 0.15) is 5.75 Å². The van der Waals surface area contributed by atoms with Crippen LogP contribution in [0.15, 0.2) is 24.3 Å². The van der Waals surface area contributed by atoms with E-state index in [9.17, 15) is 9.59 Å². The third kappa shape index (κ3) is 1.82. The van der Waals surface area contributed by atoms with Crippen molar-refractivity contribution in [2.75, 3.05) is 0 Å². The second kappa shape index (κ2) is 3.62. The van der Waals surface area contributed by atoms with Crippen LogP contribution in [0.1, 0.15) is 23.2 Å². The Morgan fingerprint density at radius 1 is 1.29 bits per heavy atom. The Labute approximate surface area is 81.7 Å². The summed E-state index contributed by atoms with van der Waals surface area (Å²) < 4.78 is 4.62. The van der Waals surface area contributed by atoms with Gasteiger partial charge in [0.05, 0.1) is 0 Å². The van der Waals surface area contributed by atoms with E-state index in [0.29, 0.717) is 17.8 Å². The molecule has 0 aromatic heterocycles. The molecule has 1 saturated carbocycles. The van der Waals surface area contributed by atoms with Crippen molar-refractivity contribution < 1.29 is 14.3 Å². The van der Waals surface area contributed by atoms with E-state index in [-0.39, 0.29) is 11.7 Å². The molecule has 0 spiro atoms. The van der Waals surface area contributed by atoms with Crippen molar-refractivity contribution >= 4 is 12.3 Å². The fraction of sp³-hybridized carbons (Fsp3) is 0.273. The van der Waals surface area contributed by atoms with E-state index in [1.165, 1.54) is 0 Å². The normalized spacial score (nSPS) is 14.9. The minimum absolute atomic E-state index is 0.197. The lowest BCUT2D eigenvalue weighted by molar-refractivity contribution is -0.120. The van der Waals surface area contributed by atoms with Crippen LogP contribution < -0.4 is 4.74 Å². The smallest absolute Gasteiger partial charge is 0.298 e. The third-order valence-corrected chi connectivity index (χ3v) is 2.27. The summed E-state index contributed by atoms with van der Waals surface area (Å²) in [5.41, 5.74) is 0.700. The van der Waals surface area contributed by atoms with Crippen LogP contribution in [0.2, 0.25) is 0 Å². The highest BCUT2D eigenvalue weighted by Gasteiger charge is 2.30. The molecule has 0 radical (unpaired) electrons. The Kier molecular flexibility index (Phi) is 2.31. The molecule has 0 aliphatic heterocycles. The van der Waals surface area contributed by atoms with Gasteiger partial charge in [-0.1, -0.05) is 0 Å². The number of hydrogen-bond donors (Lipinski definition) is 0. The lowest BCUT2D eigenvalue weighted by Crippen LogP contribution is -2.00. The molecule has 1 fully saturated rings. The molecule has 0 N–H and O–H groups in total. The second-order valence-corrected chi connectivity index (χ2v) is 3.38. The fourth-order valence-corrected chi connectivity index (χ4v) is 1.33. The Bertz CT molecular complexity index is 349. The van der Waals surface area contributed by atoms with Gasteiger partial charge in [-0.05, 0) is 37.1 Å². The molecule has 0 atom stereocenters. The molecule has 14 heavy (non-hydrogen) atoms. The van der Waals surface area contributed by atoms with Gasteiger partial charge in [-0.3, -0.25) is 9.59 Å². The number of hydrogen-bond acceptors (Lipinski definition) is 3. The fourth-order valence-electron chi connectivity index (χ4n) is 1.33. The van der Waals surface area contributed by atoms with E-state index in [1.54, 1.807) is 24.3 Å². The van der Waals surface area contributed by atoms with Crippen LogP contribution in [0.5, 0.6) is 5.75 Å². The molecule has 1 aromatic carbocycles. The highest BCUT2D eigenvalue weighted by molar-refractivity contribution is 5.99. The van der Waals surface area contributed by atoms with Crippen molar-refractivity contribution in [2.45, 2.75) is 12.8 Å². The zero-order chi connectivity index (χ0) is 9.97. The standard InChI is InChI=1S/C11H10O3/c12-7-14-10-5-3-9(4-6-10)11(13)8-1-2-8/h3-8H,1-2H2. The SMILES string of the molecule is O=COc1ccc(C(=O)C2CC2)cc1. The summed E-state index contributed by atoms with van der Waals surface area (Å²) in [5.74, 6) is 0.892. The molecule has 0 unspecified atom stereocenters. The Balaban J connectivity index is 2.12. The molecular weight excluding hydrogens is 180 g/mol. The van der Waals surface area contributed by atoms with Crippen LogP contribution in [0, 0.1) is 5.92 Å². The number of Topliss-reactive ketones (excluding diaryl/α,β-unsaturated/α-hetero) is 1. The molecule has 0 saturated heterocycles. The van der Waals surface area contributed by atoms with E-state index in [0.717, 1.165) is 12.8 Å². The van der Waals surface area contributed by atoms with Gasteiger partial charge in [0.2, 0.25) is 0 Å². The largest absolute Gasteiger partial charge is 0.429 e. The molecule has 1 aliphatic rings. The van der Waals surface area contributed by atoms with Crippen LogP contribution in [0.3, 0.4) is 0 Å². The zero-order valence-corrected chi connectivity index (χ0v) is 7.60. The van der Waals surface area contributed by atoms with Gasteiger partial charge in [-0.25, -0.2) is 0 Å². The average Bonchev–Trinajstić information content (AvgIpc) is 3.02. The van der Waals surface area contributed by atoms with Gasteiger partial charge in [0.15, 0.2) is 5.78 Å². The van der Waals surface area contributed by atoms with Gasteiger partial charge in [-0.15, -0.1) is 0 Å². The Morgan fingerprint density at radius 2 is 1.93 bits per heavy atom. The monoisotopic (exact) mass is 190 g/mol. The predicted octanol–water partition coefficient (Wildman–Crippen LogP) is 1.81. The van der Waals surface area contributed by atoms with Crippen LogP contribution in [-0.2, 0) is 4.79 Å². The maximum Gasteiger partial charge on any atom is 0.298 e. The van der Waals surface area contributed by atoms with E-state index in [4.69, 9.17) is 0 Å². The van der Waals surface area contributed by atoms with Crippen molar-refractivity contribution in [3.05, 3.63) is 29.8 Å². The predicted molar refractivity (Wildman–Crippen MR) is 50.2 cm³/mol. The molecule has 0 bridgehead atoms. The molecule has 0 heterocycles. The number of carbonyl (C=O) groups excluding carboxylic acids is 2. The first kappa shape index (κ1) is 8.94. The van der Waals surface area contributed by atoms with Crippen LogP contribution >= 0.6 is 0 Å². The Morgan fingerprint density at radius 3 is 2.43 bits per heavy atom. The summed E-state index contributed by atoms with van der Waals surface area (Å²) in [6.45, 7) is 0.373. The van der Waals surface area contributed by atoms with E-state index >= 15 is 0 Å². The molecule has 1 aliphatic carbocycles. The summed E-state index contributed by atoms with van der Waals surface area (Å²) in [5, 5.41) is 0. The number of rotatable bonds is 4. The maximum atomic E-state index is 11.6. The highest BCUT2D eigenvalue weighted by Crippen LogP contribution is 2.32. The van der Waals surface area contributed by atoms with Gasteiger partial charge in [0.25, 0.3) is 6.47 Å². The second-order valence-electron chi connectivity index (χ2n) is 3.38. The van der Waals surface area contributed by atoms with Gasteiger partial charge in [-0.2, -0.15) is 0 Å². The van der Waals surface area contributed by atoms with Crippen LogP contribution in [0.4, 0.5) is 0 Å². The van der Waals surface area contributed by atoms with Gasteiger partial charge >= 0.3 is 0 Å². The average molecular weight is 190 g/mol. The third-order valence-electron chi connectivity index (χ3n) is 2.27. The van der Waals surface area contributed by atoms with Crippen molar-refractivity contribution in [1.82, 2.24) is 0 Å². The van der Waals surface area contributed by atoms with Crippen molar-refractivity contribution in [1.29, 1.82) is 0 Å². The summed E-state index contributed by atoms with van der Waals surface area (Å²) in [6, 6.07) is 6.65. The number of carbonyl (C=O) groups is 2. The highest BCUT2D eigenvalue weighted by atomic mass is 16.5. The minimum atomic E-state index is 0.197. The van der Waals surface area contributed by atoms with Gasteiger partial charge in [0, 0.05) is 11.5 Å². The molecule has 0 amide bonds. The summed E-state index contributed by atoms with van der Waals surface area (Å²) >= 11 is 0. The molecule has 3 nitrogen and oxygen atoms in total. The zero-order valence-electron chi connectivity index (χ0n) is 7.60. The summed E-state index contributed by atoms with van der Waals surface area (Å²) in [7, 11) is 0. The first-order valence-corrected chi connectivity index (χ1v) is 4.56. The maximum absolute atomic E-state index is 11.6. The van der Waals surface area contributed by atoms with E-state index in [2.05, 4.69) is 4.74 Å². The molecule has 3 heteroatoms. The van der Waals surface area contributed by atoms with E-state index in [1.807, 2.05) is 0 Å². The topological polar surface area (TPSA) is 43.4 Å². The van der Waals surface area contributed by atoms with Gasteiger partial charge < -0.3 is 4.74 Å². The lowest BCUT2D eigenvalue weighted by atomic mass is 10.1. The summed E-state index contributed by atoms with van der Waals surface area (Å²) in [6.07, 6.45) is 2.01. The van der Waals surface area contributed by atoms with Crippen LogP contribution in [0.25, 0.3) is 0 Å². The van der Waals surface area contributed by atoms with Crippen molar-refractivity contribution in [3.8, 4) is 5.75 Å². The van der Waals surface area contributed by atoms with E-state index < -0.39 is 0 Å². The van der Waals surface area contributed by atoms with Crippen molar-refractivity contribution in [2.24, 2.45) is 5.92 Å². The minimum Gasteiger partial charge on any atom is -0.429 e.